The molecule has 176 valence electrons. The lowest BCUT2D eigenvalue weighted by atomic mass is 10.0. The first kappa shape index (κ1) is 24.2. The molecule has 0 fully saturated rings. The van der Waals surface area contributed by atoms with Gasteiger partial charge in [-0.2, -0.15) is 10.2 Å². The Morgan fingerprint density at radius 1 is 1.27 bits per heavy atom. The van der Waals surface area contributed by atoms with Crippen molar-refractivity contribution in [1.29, 1.82) is 0 Å². The number of nitrogens with two attached hydrogens (primary N) is 1. The number of nitrogens with one attached hydrogen (secondary N) is 2. The number of aliphatic imine (C=N–C) groups is 1. The highest BCUT2D eigenvalue weighted by molar-refractivity contribution is 6.02. The Balaban J connectivity index is 1.90. The molecular formula is C25H33FN6O. The molecule has 7 nitrogen and oxygen atoms in total. The zero-order valence-electron chi connectivity index (χ0n) is 20.0. The third-order valence-electron chi connectivity index (χ3n) is 5.92. The fourth-order valence-electron chi connectivity index (χ4n) is 3.60. The number of halogens is 1. The minimum Gasteiger partial charge on any atom is -0.478 e. The average Bonchev–Trinajstić information content (AvgIpc) is 3.42. The number of benzene rings is 1. The molecule has 1 aromatic carbocycles. The van der Waals surface area contributed by atoms with Gasteiger partial charge in [-0.1, -0.05) is 20.3 Å². The lowest BCUT2D eigenvalue weighted by Gasteiger charge is -2.10. The highest BCUT2D eigenvalue weighted by Crippen LogP contribution is 2.33. The van der Waals surface area contributed by atoms with Crippen molar-refractivity contribution in [2.75, 3.05) is 13.7 Å². The molecular weight excluding hydrogens is 419 g/mol. The molecule has 0 spiro atoms. The zero-order valence-corrected chi connectivity index (χ0v) is 20.0. The van der Waals surface area contributed by atoms with E-state index in [1.165, 1.54) is 6.07 Å². The number of nitrogens with zero attached hydrogens (tertiary/aromatic N) is 3. The third kappa shape index (κ3) is 5.69. The lowest BCUT2D eigenvalue weighted by molar-refractivity contribution is 0.284. The molecule has 1 unspecified atom stereocenters. The SMILES string of the molecule is CCC(C)CCCOc1[nH]ncc1-c1cc2c(/C=C/C(C(C)=NC)=C(\C)N)n[nH]c2cc1F. The van der Waals surface area contributed by atoms with Gasteiger partial charge in [-0.05, 0) is 50.8 Å². The lowest BCUT2D eigenvalue weighted by Crippen LogP contribution is -2.04. The van der Waals surface area contributed by atoms with Crippen LogP contribution in [-0.2, 0) is 0 Å². The maximum Gasteiger partial charge on any atom is 0.217 e. The van der Waals surface area contributed by atoms with E-state index in [0.717, 1.165) is 35.9 Å². The quantitative estimate of drug-likeness (QED) is 0.210. The van der Waals surface area contributed by atoms with Gasteiger partial charge in [-0.25, -0.2) is 9.49 Å². The predicted molar refractivity (Wildman–Crippen MR) is 133 cm³/mol. The first-order valence-corrected chi connectivity index (χ1v) is 11.3. The second-order valence-corrected chi connectivity index (χ2v) is 8.34. The van der Waals surface area contributed by atoms with Crippen molar-refractivity contribution < 1.29 is 9.13 Å². The van der Waals surface area contributed by atoms with Crippen molar-refractivity contribution >= 4 is 22.7 Å². The van der Waals surface area contributed by atoms with Gasteiger partial charge in [-0.15, -0.1) is 0 Å². The molecule has 4 N–H and O–H groups in total. The van der Waals surface area contributed by atoms with E-state index in [-0.39, 0.29) is 5.82 Å². The largest absolute Gasteiger partial charge is 0.478 e. The van der Waals surface area contributed by atoms with E-state index in [1.807, 2.05) is 26.0 Å². The summed E-state index contributed by atoms with van der Waals surface area (Å²) in [7, 11) is 1.72. The molecule has 0 aliphatic heterocycles. The second-order valence-electron chi connectivity index (χ2n) is 8.34. The van der Waals surface area contributed by atoms with Crippen LogP contribution in [0.2, 0.25) is 0 Å². The number of rotatable bonds is 10. The van der Waals surface area contributed by atoms with Crippen molar-refractivity contribution in [3.05, 3.63) is 47.2 Å². The number of hydrogen-bond acceptors (Lipinski definition) is 5. The Morgan fingerprint density at radius 2 is 2.06 bits per heavy atom. The summed E-state index contributed by atoms with van der Waals surface area (Å²) in [6.45, 7) is 8.69. The number of aromatic amines is 2. The summed E-state index contributed by atoms with van der Waals surface area (Å²) >= 11 is 0. The van der Waals surface area contributed by atoms with Crippen LogP contribution < -0.4 is 10.5 Å². The second kappa shape index (κ2) is 10.9. The molecule has 0 bridgehead atoms. The van der Waals surface area contributed by atoms with Crippen LogP contribution in [0, 0.1) is 11.7 Å². The fraction of sp³-hybridized carbons (Fsp3) is 0.400. The van der Waals surface area contributed by atoms with Gasteiger partial charge in [0.15, 0.2) is 0 Å². The van der Waals surface area contributed by atoms with Gasteiger partial charge in [0.05, 0.1) is 29.6 Å². The molecule has 0 saturated carbocycles. The molecule has 3 rings (SSSR count). The number of allylic oxidation sites excluding steroid dienone is 3. The van der Waals surface area contributed by atoms with E-state index < -0.39 is 0 Å². The highest BCUT2D eigenvalue weighted by Gasteiger charge is 2.17. The van der Waals surface area contributed by atoms with Crippen LogP contribution in [-0.4, -0.2) is 39.8 Å². The Bertz CT molecular complexity index is 1180. The van der Waals surface area contributed by atoms with Crippen LogP contribution in [0.15, 0.2) is 40.7 Å². The van der Waals surface area contributed by atoms with Gasteiger partial charge < -0.3 is 10.5 Å². The minimum atomic E-state index is -0.375. The van der Waals surface area contributed by atoms with Crippen molar-refractivity contribution in [2.24, 2.45) is 16.6 Å². The smallest absolute Gasteiger partial charge is 0.217 e. The number of hydrogen-bond donors (Lipinski definition) is 3. The number of ether oxygens (including phenoxy) is 1. The van der Waals surface area contributed by atoms with Crippen LogP contribution >= 0.6 is 0 Å². The first-order valence-electron chi connectivity index (χ1n) is 11.3. The summed E-state index contributed by atoms with van der Waals surface area (Å²) in [5.74, 6) is 0.754. The number of fused-ring (bicyclic) bond motifs is 1. The van der Waals surface area contributed by atoms with E-state index in [4.69, 9.17) is 10.5 Å². The summed E-state index contributed by atoms with van der Waals surface area (Å²) in [5.41, 5.74) is 10.6. The maximum atomic E-state index is 15.0. The molecule has 33 heavy (non-hydrogen) atoms. The Kier molecular flexibility index (Phi) is 8.03. The molecule has 0 aliphatic carbocycles. The van der Waals surface area contributed by atoms with Crippen LogP contribution in [0.25, 0.3) is 28.1 Å². The monoisotopic (exact) mass is 452 g/mol. The van der Waals surface area contributed by atoms with E-state index in [2.05, 4.69) is 39.2 Å². The van der Waals surface area contributed by atoms with E-state index in [0.29, 0.717) is 46.4 Å². The van der Waals surface area contributed by atoms with Gasteiger partial charge in [0.1, 0.15) is 5.82 Å². The van der Waals surface area contributed by atoms with Gasteiger partial charge in [0.25, 0.3) is 0 Å². The molecule has 0 radical (unpaired) electrons. The Morgan fingerprint density at radius 3 is 2.76 bits per heavy atom. The highest BCUT2D eigenvalue weighted by atomic mass is 19.1. The molecule has 0 aliphatic rings. The van der Waals surface area contributed by atoms with Crippen LogP contribution in [0.1, 0.15) is 52.7 Å². The average molecular weight is 453 g/mol. The first-order chi connectivity index (χ1) is 15.8. The number of aromatic nitrogens is 4. The van der Waals surface area contributed by atoms with Crippen LogP contribution in [0.4, 0.5) is 4.39 Å². The topological polar surface area (TPSA) is 105 Å². The van der Waals surface area contributed by atoms with E-state index in [9.17, 15) is 4.39 Å². The molecule has 0 saturated heterocycles. The fourth-order valence-corrected chi connectivity index (χ4v) is 3.60. The predicted octanol–water partition coefficient (Wildman–Crippen LogP) is 5.63. The molecule has 2 aromatic heterocycles. The van der Waals surface area contributed by atoms with Crippen molar-refractivity contribution in [3.8, 4) is 17.0 Å². The van der Waals surface area contributed by atoms with Crippen LogP contribution in [0.5, 0.6) is 5.88 Å². The third-order valence-corrected chi connectivity index (χ3v) is 5.92. The van der Waals surface area contributed by atoms with Gasteiger partial charge in [0.2, 0.25) is 5.88 Å². The molecule has 3 aromatic rings. The summed E-state index contributed by atoms with van der Waals surface area (Å²) in [6, 6.07) is 3.21. The van der Waals surface area contributed by atoms with Gasteiger partial charge >= 0.3 is 0 Å². The van der Waals surface area contributed by atoms with Crippen molar-refractivity contribution in [2.45, 2.75) is 47.0 Å². The van der Waals surface area contributed by atoms with Gasteiger partial charge in [0, 0.05) is 41.0 Å². The van der Waals surface area contributed by atoms with E-state index >= 15 is 0 Å². The Labute approximate surface area is 194 Å². The minimum absolute atomic E-state index is 0.375. The number of H-pyrrole nitrogens is 2. The maximum absolute atomic E-state index is 15.0. The summed E-state index contributed by atoms with van der Waals surface area (Å²) < 4.78 is 20.9. The zero-order chi connectivity index (χ0) is 24.0. The van der Waals surface area contributed by atoms with Crippen LogP contribution in [0.3, 0.4) is 0 Å². The normalized spacial score (nSPS) is 14.2. The van der Waals surface area contributed by atoms with Gasteiger partial charge in [-0.3, -0.25) is 10.1 Å². The van der Waals surface area contributed by atoms with Crippen molar-refractivity contribution in [3.63, 3.8) is 0 Å². The molecule has 0 amide bonds. The van der Waals surface area contributed by atoms with Crippen molar-refractivity contribution in [1.82, 2.24) is 20.4 Å². The standard InChI is InChI=1S/C25H33FN6O/c1-6-15(2)8-7-11-33-25-21(14-29-32-25)19-12-20-23(30-31-24(20)13-22(19)26)10-9-18(16(3)27)17(4)28-5/h9-10,12-15H,6-8,11,27H2,1-5H3,(H,29,32)(H,30,31)/b10-9+,18-16-,28-17?. The summed E-state index contributed by atoms with van der Waals surface area (Å²) in [4.78, 5) is 4.21. The summed E-state index contributed by atoms with van der Waals surface area (Å²) in [6.07, 6.45) is 8.48. The molecule has 8 heteroatoms. The summed E-state index contributed by atoms with van der Waals surface area (Å²) in [5, 5.41) is 15.0. The van der Waals surface area contributed by atoms with E-state index in [1.54, 1.807) is 19.3 Å². The Hall–Kier alpha value is -3.42. The molecule has 1 atom stereocenters. The molecule has 2 heterocycles.